The molecule has 2 aromatic heterocycles. The minimum absolute atomic E-state index is 0.196. The van der Waals surface area contributed by atoms with Crippen LogP contribution in [-0.2, 0) is 18.0 Å². The molecule has 29 heavy (non-hydrogen) atoms. The summed E-state index contributed by atoms with van der Waals surface area (Å²) >= 11 is 1.58. The van der Waals surface area contributed by atoms with E-state index in [4.69, 9.17) is 9.47 Å². The molecule has 4 rings (SSSR count). The summed E-state index contributed by atoms with van der Waals surface area (Å²) in [4.78, 5) is 16.8. The largest absolute Gasteiger partial charge is 0.487 e. The Morgan fingerprint density at radius 1 is 1.10 bits per heavy atom. The number of hydrogen-bond donors (Lipinski definition) is 0. The number of benzene rings is 2. The van der Waals surface area contributed by atoms with Crippen molar-refractivity contribution in [1.29, 1.82) is 0 Å². The summed E-state index contributed by atoms with van der Waals surface area (Å²) in [6.45, 7) is 2.52. The third-order valence-corrected chi connectivity index (χ3v) is 5.02. The molecule has 0 spiro atoms. The molecule has 0 aliphatic rings. The van der Waals surface area contributed by atoms with Crippen LogP contribution in [0.2, 0.25) is 0 Å². The zero-order chi connectivity index (χ0) is 20.1. The average Bonchev–Trinajstić information content (AvgIpc) is 3.43. The van der Waals surface area contributed by atoms with Crippen LogP contribution in [0.25, 0.3) is 5.69 Å². The summed E-state index contributed by atoms with van der Waals surface area (Å²) < 4.78 is 12.9. The van der Waals surface area contributed by atoms with Gasteiger partial charge in [-0.2, -0.15) is 5.10 Å². The van der Waals surface area contributed by atoms with Gasteiger partial charge in [-0.1, -0.05) is 18.2 Å². The molecular weight excluding hydrogens is 386 g/mol. The van der Waals surface area contributed by atoms with E-state index in [0.29, 0.717) is 17.9 Å². The number of ether oxygens (including phenoxy) is 2. The van der Waals surface area contributed by atoms with Crippen LogP contribution < -0.4 is 4.74 Å². The fourth-order valence-electron chi connectivity index (χ4n) is 2.74. The molecule has 0 atom stereocenters. The number of aromatic nitrogens is 3. The van der Waals surface area contributed by atoms with Gasteiger partial charge in [0.15, 0.2) is 0 Å². The molecule has 2 heterocycles. The van der Waals surface area contributed by atoms with E-state index in [0.717, 1.165) is 22.0 Å². The Kier molecular flexibility index (Phi) is 5.67. The highest BCUT2D eigenvalue weighted by molar-refractivity contribution is 7.09. The monoisotopic (exact) mass is 405 g/mol. The van der Waals surface area contributed by atoms with Gasteiger partial charge in [0.05, 0.1) is 22.0 Å². The Morgan fingerprint density at radius 3 is 2.69 bits per heavy atom. The first-order valence-electron chi connectivity index (χ1n) is 9.07. The molecule has 0 radical (unpaired) electrons. The van der Waals surface area contributed by atoms with E-state index in [2.05, 4.69) is 10.1 Å². The normalized spacial score (nSPS) is 10.7. The van der Waals surface area contributed by atoms with Crippen LogP contribution in [0.1, 0.15) is 26.6 Å². The predicted molar refractivity (Wildman–Crippen MR) is 110 cm³/mol. The van der Waals surface area contributed by atoms with Crippen LogP contribution in [0, 0.1) is 6.92 Å². The number of aryl methyl sites for hydroxylation is 1. The molecule has 146 valence electrons. The van der Waals surface area contributed by atoms with Crippen molar-refractivity contribution in [2.45, 2.75) is 20.1 Å². The second kappa shape index (κ2) is 8.70. The highest BCUT2D eigenvalue weighted by atomic mass is 32.1. The second-order valence-corrected chi connectivity index (χ2v) is 7.43. The molecule has 0 aliphatic heterocycles. The number of carbonyl (C=O) groups excluding carboxylic acids is 1. The van der Waals surface area contributed by atoms with Crippen LogP contribution in [-0.4, -0.2) is 20.7 Å². The third kappa shape index (κ3) is 4.89. The number of hydrogen-bond acceptors (Lipinski definition) is 6. The van der Waals surface area contributed by atoms with Crippen molar-refractivity contribution in [2.24, 2.45) is 0 Å². The number of nitrogens with zero attached hydrogens (tertiary/aromatic N) is 3. The van der Waals surface area contributed by atoms with Crippen molar-refractivity contribution >= 4 is 17.3 Å². The second-order valence-electron chi connectivity index (χ2n) is 6.37. The van der Waals surface area contributed by atoms with Crippen LogP contribution >= 0.6 is 11.3 Å². The molecule has 0 saturated carbocycles. The van der Waals surface area contributed by atoms with Gasteiger partial charge >= 0.3 is 5.97 Å². The molecule has 4 aromatic rings. The molecule has 0 aliphatic carbocycles. The Morgan fingerprint density at radius 2 is 1.97 bits per heavy atom. The van der Waals surface area contributed by atoms with Gasteiger partial charge < -0.3 is 9.47 Å². The first kappa shape index (κ1) is 18.9. The summed E-state index contributed by atoms with van der Waals surface area (Å²) in [7, 11) is 0. The fourth-order valence-corrected chi connectivity index (χ4v) is 3.34. The molecule has 0 fully saturated rings. The Bertz CT molecular complexity index is 1090. The van der Waals surface area contributed by atoms with Crippen molar-refractivity contribution in [3.8, 4) is 11.4 Å². The minimum Gasteiger partial charge on any atom is -0.487 e. The lowest BCUT2D eigenvalue weighted by Gasteiger charge is -2.08. The van der Waals surface area contributed by atoms with Crippen molar-refractivity contribution in [1.82, 2.24) is 14.8 Å². The quantitative estimate of drug-likeness (QED) is 0.421. The number of rotatable bonds is 7. The molecule has 0 unspecified atom stereocenters. The molecule has 0 bridgehead atoms. The van der Waals surface area contributed by atoms with Gasteiger partial charge in [0, 0.05) is 17.8 Å². The SMILES string of the molecule is Cc1nc(COc2cccc(C(=O)OCc3ccc(-n4cccn4)cc3)c2)cs1. The lowest BCUT2D eigenvalue weighted by molar-refractivity contribution is 0.0472. The fraction of sp³-hybridized carbons (Fsp3) is 0.136. The van der Waals surface area contributed by atoms with Crippen LogP contribution in [0.5, 0.6) is 5.75 Å². The zero-order valence-electron chi connectivity index (χ0n) is 15.8. The first-order valence-corrected chi connectivity index (χ1v) is 9.95. The smallest absolute Gasteiger partial charge is 0.338 e. The lowest BCUT2D eigenvalue weighted by atomic mass is 10.2. The highest BCUT2D eigenvalue weighted by Gasteiger charge is 2.09. The van der Waals surface area contributed by atoms with E-state index >= 15 is 0 Å². The van der Waals surface area contributed by atoms with E-state index in [9.17, 15) is 4.79 Å². The average molecular weight is 405 g/mol. The molecule has 7 heteroatoms. The molecular formula is C22H19N3O3S. The molecule has 0 saturated heterocycles. The van der Waals surface area contributed by atoms with Crippen LogP contribution in [0.15, 0.2) is 72.4 Å². The Labute approximate surface area is 172 Å². The van der Waals surface area contributed by atoms with Crippen molar-refractivity contribution in [3.63, 3.8) is 0 Å². The maximum atomic E-state index is 12.4. The first-order chi connectivity index (χ1) is 14.2. The van der Waals surface area contributed by atoms with E-state index in [-0.39, 0.29) is 6.61 Å². The zero-order valence-corrected chi connectivity index (χ0v) is 16.6. The van der Waals surface area contributed by atoms with Gasteiger partial charge in [0.1, 0.15) is 19.0 Å². The summed E-state index contributed by atoms with van der Waals surface area (Å²) in [5, 5.41) is 7.15. The Hall–Kier alpha value is -3.45. The number of carbonyl (C=O) groups is 1. The minimum atomic E-state index is -0.392. The van der Waals surface area contributed by atoms with Gasteiger partial charge in [0.2, 0.25) is 0 Å². The summed E-state index contributed by atoms with van der Waals surface area (Å²) in [6.07, 6.45) is 3.60. The number of esters is 1. The van der Waals surface area contributed by atoms with Gasteiger partial charge in [0.25, 0.3) is 0 Å². The van der Waals surface area contributed by atoms with E-state index in [1.165, 1.54) is 0 Å². The van der Waals surface area contributed by atoms with Gasteiger partial charge in [-0.05, 0) is 48.9 Å². The third-order valence-electron chi connectivity index (χ3n) is 4.20. The molecule has 6 nitrogen and oxygen atoms in total. The summed E-state index contributed by atoms with van der Waals surface area (Å²) in [5.41, 5.74) is 3.18. The standard InChI is InChI=1S/C22H19N3O3S/c1-16-24-19(15-29-16)14-27-21-5-2-4-18(12-21)22(26)28-13-17-6-8-20(9-7-17)25-11-3-10-23-25/h2-12,15H,13-14H2,1H3. The molecule has 0 N–H and O–H groups in total. The Balaban J connectivity index is 1.33. The van der Waals surface area contributed by atoms with E-state index in [1.54, 1.807) is 40.4 Å². The summed E-state index contributed by atoms with van der Waals surface area (Å²) in [6, 6.07) is 16.5. The predicted octanol–water partition coefficient (Wildman–Crippen LogP) is 4.57. The number of thiazole rings is 1. The van der Waals surface area contributed by atoms with Gasteiger partial charge in [-0.25, -0.2) is 14.5 Å². The van der Waals surface area contributed by atoms with Gasteiger partial charge in [-0.3, -0.25) is 0 Å². The highest BCUT2D eigenvalue weighted by Crippen LogP contribution is 2.18. The summed E-state index contributed by atoms with van der Waals surface area (Å²) in [5.74, 6) is 0.213. The molecule has 2 aromatic carbocycles. The maximum Gasteiger partial charge on any atom is 0.338 e. The van der Waals surface area contributed by atoms with E-state index in [1.807, 2.05) is 54.9 Å². The van der Waals surface area contributed by atoms with Gasteiger partial charge in [-0.15, -0.1) is 11.3 Å². The van der Waals surface area contributed by atoms with Crippen LogP contribution in [0.3, 0.4) is 0 Å². The van der Waals surface area contributed by atoms with Crippen molar-refractivity contribution in [2.75, 3.05) is 0 Å². The molecule has 0 amide bonds. The van der Waals surface area contributed by atoms with Crippen molar-refractivity contribution in [3.05, 3.63) is 94.2 Å². The lowest BCUT2D eigenvalue weighted by Crippen LogP contribution is -2.06. The maximum absolute atomic E-state index is 12.4. The van der Waals surface area contributed by atoms with Crippen molar-refractivity contribution < 1.29 is 14.3 Å². The van der Waals surface area contributed by atoms with Crippen LogP contribution in [0.4, 0.5) is 0 Å². The topological polar surface area (TPSA) is 66.2 Å². The van der Waals surface area contributed by atoms with E-state index < -0.39 is 5.97 Å².